The summed E-state index contributed by atoms with van der Waals surface area (Å²) in [6, 6.07) is 7.74. The Hall–Kier alpha value is -1.24. The quantitative estimate of drug-likeness (QED) is 0.806. The van der Waals surface area contributed by atoms with Crippen LogP contribution in [0.1, 0.15) is 19.5 Å². The topological polar surface area (TPSA) is 55.2 Å². The minimum absolute atomic E-state index is 0.478. The van der Waals surface area contributed by atoms with Gasteiger partial charge in [0, 0.05) is 4.91 Å². The molecular formula is C14H12N2O2S2. The first-order valence-corrected chi connectivity index (χ1v) is 8.03. The lowest BCUT2D eigenvalue weighted by molar-refractivity contribution is 0.146. The van der Waals surface area contributed by atoms with Crippen LogP contribution in [-0.2, 0) is 0 Å². The van der Waals surface area contributed by atoms with Crippen molar-refractivity contribution in [3.8, 4) is 5.88 Å². The molecule has 6 heteroatoms. The van der Waals surface area contributed by atoms with Crippen LogP contribution in [-0.4, -0.2) is 25.4 Å². The third kappa shape index (κ3) is 1.75. The molecule has 0 spiro atoms. The van der Waals surface area contributed by atoms with Crippen LogP contribution in [0.5, 0.6) is 5.88 Å². The van der Waals surface area contributed by atoms with Crippen LogP contribution in [0.4, 0.5) is 0 Å². The number of benzene rings is 1. The highest BCUT2D eigenvalue weighted by Gasteiger charge is 2.43. The normalized spacial score (nSPS) is 23.4. The molecule has 4 rings (SSSR count). The first-order valence-electron chi connectivity index (χ1n) is 6.27. The van der Waals surface area contributed by atoms with Gasteiger partial charge in [0.15, 0.2) is 4.77 Å². The number of rotatable bonds is 0. The zero-order chi connectivity index (χ0) is 13.9. The van der Waals surface area contributed by atoms with E-state index >= 15 is 0 Å². The van der Waals surface area contributed by atoms with Crippen LogP contribution in [0, 0.1) is 0 Å². The lowest BCUT2D eigenvalue weighted by Gasteiger charge is -2.32. The minimum atomic E-state index is -0.498. The SMILES string of the molecule is CC1(C)Oc2nc3ccccc3nc2C2=C1SC(O)S2. The number of para-hydroxylation sites is 2. The zero-order valence-electron chi connectivity index (χ0n) is 11.0. The van der Waals surface area contributed by atoms with Gasteiger partial charge in [-0.2, -0.15) is 0 Å². The summed E-state index contributed by atoms with van der Waals surface area (Å²) in [5.41, 5.74) is 1.93. The third-order valence-electron chi connectivity index (χ3n) is 3.30. The zero-order valence-corrected chi connectivity index (χ0v) is 12.6. The molecule has 1 aromatic carbocycles. The van der Waals surface area contributed by atoms with Crippen molar-refractivity contribution in [3.63, 3.8) is 0 Å². The number of thioether (sulfide) groups is 2. The van der Waals surface area contributed by atoms with Gasteiger partial charge in [-0.1, -0.05) is 35.7 Å². The molecule has 1 N–H and O–H groups in total. The predicted molar refractivity (Wildman–Crippen MR) is 82.4 cm³/mol. The van der Waals surface area contributed by atoms with Crippen molar-refractivity contribution in [1.82, 2.24) is 9.97 Å². The number of aliphatic hydroxyl groups is 1. The fourth-order valence-electron chi connectivity index (χ4n) is 2.40. The number of hydrogen-bond acceptors (Lipinski definition) is 6. The summed E-state index contributed by atoms with van der Waals surface area (Å²) < 4.78 is 5.51. The monoisotopic (exact) mass is 304 g/mol. The van der Waals surface area contributed by atoms with Gasteiger partial charge in [0.05, 0.1) is 15.9 Å². The number of fused-ring (bicyclic) bond motifs is 3. The second-order valence-electron chi connectivity index (χ2n) is 5.18. The van der Waals surface area contributed by atoms with Crippen molar-refractivity contribution >= 4 is 39.5 Å². The third-order valence-corrected chi connectivity index (χ3v) is 5.97. The highest BCUT2D eigenvalue weighted by atomic mass is 32.2. The van der Waals surface area contributed by atoms with E-state index in [9.17, 15) is 5.11 Å². The molecule has 0 bridgehead atoms. The molecular weight excluding hydrogens is 292 g/mol. The number of hydrogen-bond donors (Lipinski definition) is 1. The van der Waals surface area contributed by atoms with Crippen LogP contribution < -0.4 is 4.74 Å². The number of aromatic nitrogens is 2. The Balaban J connectivity index is 1.99. The molecule has 0 amide bonds. The fraction of sp³-hybridized carbons (Fsp3) is 0.286. The second kappa shape index (κ2) is 4.13. The van der Waals surface area contributed by atoms with E-state index in [1.54, 1.807) is 0 Å². The maximum absolute atomic E-state index is 9.91. The molecule has 102 valence electrons. The smallest absolute Gasteiger partial charge is 0.242 e. The Morgan fingerprint density at radius 1 is 1.15 bits per heavy atom. The number of nitrogens with zero attached hydrogens (tertiary/aromatic N) is 2. The van der Waals surface area contributed by atoms with Crippen molar-refractivity contribution in [2.75, 3.05) is 0 Å². The number of ether oxygens (including phenoxy) is 1. The van der Waals surface area contributed by atoms with Gasteiger partial charge in [-0.15, -0.1) is 0 Å². The molecule has 0 aliphatic carbocycles. The summed E-state index contributed by atoms with van der Waals surface area (Å²) in [7, 11) is 0. The Morgan fingerprint density at radius 3 is 2.60 bits per heavy atom. The molecule has 1 aromatic heterocycles. The Kier molecular flexibility index (Phi) is 2.58. The van der Waals surface area contributed by atoms with E-state index in [1.807, 2.05) is 38.1 Å². The molecule has 2 aromatic rings. The average Bonchev–Trinajstić information content (AvgIpc) is 2.80. The molecule has 1 unspecified atom stereocenters. The summed E-state index contributed by atoms with van der Waals surface area (Å²) in [6.07, 6.45) is 0. The van der Waals surface area contributed by atoms with Crippen molar-refractivity contribution < 1.29 is 9.84 Å². The standard InChI is InChI=1S/C14H12N2O2S2/c1-14(2)11-10(19-13(17)20-11)9-12(18-14)16-8-6-4-3-5-7(8)15-9/h3-6,13,17H,1-2H3. The van der Waals surface area contributed by atoms with E-state index in [0.29, 0.717) is 5.88 Å². The van der Waals surface area contributed by atoms with E-state index in [4.69, 9.17) is 4.74 Å². The van der Waals surface area contributed by atoms with E-state index in [-0.39, 0.29) is 0 Å². The van der Waals surface area contributed by atoms with Gasteiger partial charge in [-0.3, -0.25) is 0 Å². The number of aliphatic hydroxyl groups excluding tert-OH is 1. The highest BCUT2D eigenvalue weighted by molar-refractivity contribution is 8.26. The highest BCUT2D eigenvalue weighted by Crippen LogP contribution is 2.57. The molecule has 1 atom stereocenters. The van der Waals surface area contributed by atoms with Crippen LogP contribution in [0.25, 0.3) is 15.9 Å². The van der Waals surface area contributed by atoms with Crippen LogP contribution in [0.2, 0.25) is 0 Å². The van der Waals surface area contributed by atoms with Gasteiger partial charge in [0.25, 0.3) is 0 Å². The molecule has 3 heterocycles. The van der Waals surface area contributed by atoms with E-state index < -0.39 is 10.4 Å². The van der Waals surface area contributed by atoms with Crippen molar-refractivity contribution in [2.24, 2.45) is 0 Å². The largest absolute Gasteiger partial charge is 0.465 e. The second-order valence-corrected chi connectivity index (χ2v) is 7.66. The summed E-state index contributed by atoms with van der Waals surface area (Å²) >= 11 is 2.85. The van der Waals surface area contributed by atoms with Crippen molar-refractivity contribution in [1.29, 1.82) is 0 Å². The maximum Gasteiger partial charge on any atom is 0.242 e. The summed E-state index contributed by atoms with van der Waals surface area (Å²) in [6.45, 7) is 3.99. The molecule has 20 heavy (non-hydrogen) atoms. The van der Waals surface area contributed by atoms with Gasteiger partial charge in [-0.25, -0.2) is 9.97 Å². The minimum Gasteiger partial charge on any atom is -0.465 e. The first-order chi connectivity index (χ1) is 9.54. The van der Waals surface area contributed by atoms with Crippen LogP contribution in [0.15, 0.2) is 29.2 Å². The maximum atomic E-state index is 9.91. The Labute approximate surface area is 124 Å². The van der Waals surface area contributed by atoms with Crippen molar-refractivity contribution in [3.05, 3.63) is 34.9 Å². The van der Waals surface area contributed by atoms with Gasteiger partial charge in [0.2, 0.25) is 5.88 Å². The fourth-order valence-corrected chi connectivity index (χ4v) is 4.99. The van der Waals surface area contributed by atoms with E-state index in [1.165, 1.54) is 23.5 Å². The summed E-state index contributed by atoms with van der Waals surface area (Å²) in [5, 5.41) is 9.91. The van der Waals surface area contributed by atoms with Crippen LogP contribution >= 0.6 is 23.5 Å². The lowest BCUT2D eigenvalue weighted by Crippen LogP contribution is -2.33. The molecule has 0 radical (unpaired) electrons. The Morgan fingerprint density at radius 2 is 1.85 bits per heavy atom. The van der Waals surface area contributed by atoms with Gasteiger partial charge < -0.3 is 9.84 Å². The lowest BCUT2D eigenvalue weighted by atomic mass is 10.1. The molecule has 0 saturated carbocycles. The van der Waals surface area contributed by atoms with Gasteiger partial charge in [-0.05, 0) is 26.0 Å². The average molecular weight is 304 g/mol. The molecule has 2 aliphatic rings. The van der Waals surface area contributed by atoms with Gasteiger partial charge >= 0.3 is 0 Å². The van der Waals surface area contributed by atoms with Crippen LogP contribution in [0.3, 0.4) is 0 Å². The molecule has 2 aliphatic heterocycles. The molecule has 4 nitrogen and oxygen atoms in total. The van der Waals surface area contributed by atoms with E-state index in [2.05, 4.69) is 9.97 Å². The first kappa shape index (κ1) is 12.5. The molecule has 0 fully saturated rings. The van der Waals surface area contributed by atoms with Crippen molar-refractivity contribution in [2.45, 2.75) is 24.2 Å². The Bertz CT molecular complexity index is 758. The predicted octanol–water partition coefficient (Wildman–Crippen LogP) is 3.23. The summed E-state index contributed by atoms with van der Waals surface area (Å²) in [4.78, 5) is 11.3. The van der Waals surface area contributed by atoms with E-state index in [0.717, 1.165) is 26.5 Å². The summed E-state index contributed by atoms with van der Waals surface area (Å²) in [5.74, 6) is 0.551. The molecule has 0 saturated heterocycles. The van der Waals surface area contributed by atoms with Gasteiger partial charge in [0.1, 0.15) is 11.3 Å².